The van der Waals surface area contributed by atoms with Crippen LogP contribution in [0.1, 0.15) is 39.2 Å². The van der Waals surface area contributed by atoms with Gasteiger partial charge in [0.1, 0.15) is 18.3 Å². The molecule has 3 aromatic rings. The molecule has 0 aliphatic heterocycles. The lowest BCUT2D eigenvalue weighted by molar-refractivity contribution is -0.140. The largest absolute Gasteiger partial charge is 0.497 e. The summed E-state index contributed by atoms with van der Waals surface area (Å²) in [6.07, 6.45) is 1.09. The van der Waals surface area contributed by atoms with Gasteiger partial charge >= 0.3 is 0 Å². The highest BCUT2D eigenvalue weighted by atomic mass is 35.5. The lowest BCUT2D eigenvalue weighted by Crippen LogP contribution is -2.53. The van der Waals surface area contributed by atoms with E-state index >= 15 is 0 Å². The van der Waals surface area contributed by atoms with Crippen LogP contribution in [-0.2, 0) is 26.2 Å². The normalized spacial score (nSPS) is 12.7. The van der Waals surface area contributed by atoms with Gasteiger partial charge < -0.3 is 15.0 Å². The Bertz CT molecular complexity index is 1370. The first-order valence-corrected chi connectivity index (χ1v) is 15.0. The zero-order valence-corrected chi connectivity index (χ0v) is 24.8. The third-order valence-electron chi connectivity index (χ3n) is 6.62. The van der Waals surface area contributed by atoms with Gasteiger partial charge in [-0.2, -0.15) is 0 Å². The summed E-state index contributed by atoms with van der Waals surface area (Å²) in [5, 5.41) is 3.39. The number of amides is 2. The maximum atomic E-state index is 14.0. The van der Waals surface area contributed by atoms with Crippen molar-refractivity contribution in [3.63, 3.8) is 0 Å². The number of hydrogen-bond donors (Lipinski definition) is 1. The van der Waals surface area contributed by atoms with Crippen LogP contribution in [0, 0.1) is 0 Å². The van der Waals surface area contributed by atoms with Crippen molar-refractivity contribution >= 4 is 39.1 Å². The van der Waals surface area contributed by atoms with Gasteiger partial charge in [0.2, 0.25) is 11.8 Å². The highest BCUT2D eigenvalue weighted by Gasteiger charge is 2.34. The van der Waals surface area contributed by atoms with Crippen molar-refractivity contribution in [2.24, 2.45) is 0 Å². The molecule has 0 unspecified atom stereocenters. The molecule has 0 bridgehead atoms. The average Bonchev–Trinajstić information content (AvgIpc) is 2.96. The first-order chi connectivity index (χ1) is 19.1. The van der Waals surface area contributed by atoms with E-state index in [1.165, 1.54) is 24.1 Å². The third-order valence-corrected chi connectivity index (χ3v) is 8.66. The summed E-state index contributed by atoms with van der Waals surface area (Å²) < 4.78 is 34.0. The number of nitrogens with one attached hydrogen (secondary N) is 1. The third kappa shape index (κ3) is 7.76. The molecule has 0 aliphatic carbocycles. The molecule has 0 heterocycles. The number of methoxy groups -OCH3 is 1. The van der Waals surface area contributed by atoms with Crippen LogP contribution in [0.3, 0.4) is 0 Å². The van der Waals surface area contributed by atoms with Crippen LogP contribution < -0.4 is 14.4 Å². The van der Waals surface area contributed by atoms with Crippen LogP contribution in [-0.4, -0.2) is 50.9 Å². The topological polar surface area (TPSA) is 96.0 Å². The van der Waals surface area contributed by atoms with Gasteiger partial charge in [-0.3, -0.25) is 13.9 Å². The highest BCUT2D eigenvalue weighted by Crippen LogP contribution is 2.27. The van der Waals surface area contributed by atoms with Gasteiger partial charge in [-0.1, -0.05) is 55.8 Å². The Morgan fingerprint density at radius 3 is 2.10 bits per heavy atom. The van der Waals surface area contributed by atoms with E-state index in [9.17, 15) is 18.0 Å². The smallest absolute Gasteiger partial charge is 0.264 e. The van der Waals surface area contributed by atoms with E-state index in [2.05, 4.69) is 5.32 Å². The number of nitrogens with zero attached hydrogens (tertiary/aromatic N) is 2. The fourth-order valence-corrected chi connectivity index (χ4v) is 5.69. The average molecular weight is 586 g/mol. The van der Waals surface area contributed by atoms with Crippen molar-refractivity contribution in [2.75, 3.05) is 18.0 Å². The summed E-state index contributed by atoms with van der Waals surface area (Å²) in [4.78, 5) is 28.8. The summed E-state index contributed by atoms with van der Waals surface area (Å²) in [5.74, 6) is -0.292. The fraction of sp³-hybridized carbons (Fsp3) is 0.333. The van der Waals surface area contributed by atoms with E-state index in [-0.39, 0.29) is 29.1 Å². The summed E-state index contributed by atoms with van der Waals surface area (Å²) in [5.41, 5.74) is 1.09. The minimum Gasteiger partial charge on any atom is -0.497 e. The molecule has 8 nitrogen and oxygen atoms in total. The summed E-state index contributed by atoms with van der Waals surface area (Å²) in [6.45, 7) is 5.32. The van der Waals surface area contributed by atoms with Gasteiger partial charge in [-0.15, -0.1) is 0 Å². The molecule has 0 saturated carbocycles. The van der Waals surface area contributed by atoms with Crippen LogP contribution in [0.4, 0.5) is 5.69 Å². The molecule has 214 valence electrons. The Labute approximate surface area is 241 Å². The minimum atomic E-state index is -4.18. The molecule has 0 fully saturated rings. The van der Waals surface area contributed by atoms with E-state index in [0.29, 0.717) is 17.2 Å². The Kier molecular flexibility index (Phi) is 11.0. The van der Waals surface area contributed by atoms with Crippen molar-refractivity contribution in [1.29, 1.82) is 0 Å². The Hall–Kier alpha value is -3.56. The van der Waals surface area contributed by atoms with E-state index in [0.717, 1.165) is 16.3 Å². The monoisotopic (exact) mass is 585 g/mol. The van der Waals surface area contributed by atoms with Gasteiger partial charge in [0.15, 0.2) is 0 Å². The Balaban J connectivity index is 2.04. The summed E-state index contributed by atoms with van der Waals surface area (Å²) in [7, 11) is -2.69. The van der Waals surface area contributed by atoms with Crippen LogP contribution in [0.25, 0.3) is 0 Å². The van der Waals surface area contributed by atoms with Crippen molar-refractivity contribution in [3.8, 4) is 5.75 Å². The molecule has 3 aromatic carbocycles. The molecule has 40 heavy (non-hydrogen) atoms. The zero-order valence-electron chi connectivity index (χ0n) is 23.2. The molecule has 0 aromatic heterocycles. The predicted octanol–water partition coefficient (Wildman–Crippen LogP) is 5.27. The molecular weight excluding hydrogens is 550 g/mol. The van der Waals surface area contributed by atoms with E-state index < -0.39 is 28.5 Å². The summed E-state index contributed by atoms with van der Waals surface area (Å²) in [6, 6.07) is 20.6. The summed E-state index contributed by atoms with van der Waals surface area (Å²) >= 11 is 6.07. The highest BCUT2D eigenvalue weighted by molar-refractivity contribution is 7.92. The molecule has 0 saturated heterocycles. The predicted molar refractivity (Wildman–Crippen MR) is 158 cm³/mol. The van der Waals surface area contributed by atoms with Gasteiger partial charge in [0.25, 0.3) is 10.0 Å². The molecule has 2 atom stereocenters. The number of anilines is 1. The molecule has 2 amide bonds. The second kappa shape index (κ2) is 14.2. The number of carbonyl (C=O) groups is 2. The lowest BCUT2D eigenvalue weighted by Gasteiger charge is -2.33. The minimum absolute atomic E-state index is 0.00721. The second-order valence-electron chi connectivity index (χ2n) is 9.41. The number of benzene rings is 3. The molecule has 0 spiro atoms. The van der Waals surface area contributed by atoms with Gasteiger partial charge in [-0.05, 0) is 73.9 Å². The second-order valence-corrected chi connectivity index (χ2v) is 11.7. The Morgan fingerprint density at radius 2 is 1.55 bits per heavy atom. The van der Waals surface area contributed by atoms with Crippen LogP contribution in [0.2, 0.25) is 5.02 Å². The maximum Gasteiger partial charge on any atom is 0.264 e. The first-order valence-electron chi connectivity index (χ1n) is 13.2. The SMILES string of the molecule is CC[C@@H](C)NC(=O)[C@@H](CC)N(Cc1ccccc1)C(=O)CN(c1ccc(Cl)cc1)S(=O)(=O)c1ccc(OC)cc1. The quantitative estimate of drug-likeness (QED) is 0.295. The maximum absolute atomic E-state index is 14.0. The Morgan fingerprint density at radius 1 is 0.925 bits per heavy atom. The number of sulfonamides is 1. The van der Waals surface area contributed by atoms with E-state index in [1.807, 2.05) is 51.1 Å². The number of rotatable bonds is 13. The van der Waals surface area contributed by atoms with Crippen LogP contribution in [0.5, 0.6) is 5.75 Å². The number of carbonyl (C=O) groups excluding carboxylic acids is 2. The molecule has 0 aliphatic rings. The van der Waals surface area contributed by atoms with Gasteiger partial charge in [0.05, 0.1) is 17.7 Å². The van der Waals surface area contributed by atoms with Gasteiger partial charge in [-0.25, -0.2) is 8.42 Å². The van der Waals surface area contributed by atoms with Crippen molar-refractivity contribution in [3.05, 3.63) is 89.4 Å². The van der Waals surface area contributed by atoms with Crippen molar-refractivity contribution in [2.45, 2.75) is 57.1 Å². The molecular formula is C30H36ClN3O5S. The van der Waals surface area contributed by atoms with E-state index in [1.54, 1.807) is 36.4 Å². The van der Waals surface area contributed by atoms with E-state index in [4.69, 9.17) is 16.3 Å². The first kappa shape index (κ1) is 31.0. The lowest BCUT2D eigenvalue weighted by atomic mass is 10.1. The fourth-order valence-electron chi connectivity index (χ4n) is 4.15. The molecule has 1 N–H and O–H groups in total. The molecule has 10 heteroatoms. The standard InChI is InChI=1S/C30H36ClN3O5S/c1-5-22(3)32-30(36)28(6-2)33(20-23-10-8-7-9-11-23)29(35)21-34(25-14-12-24(31)13-15-25)40(37,38)27-18-16-26(39-4)17-19-27/h7-19,22,28H,5-6,20-21H2,1-4H3,(H,32,36)/t22-,28-/m1/s1. The van der Waals surface area contributed by atoms with Crippen LogP contribution >= 0.6 is 11.6 Å². The number of ether oxygens (including phenoxy) is 1. The molecule has 0 radical (unpaired) electrons. The number of hydrogen-bond acceptors (Lipinski definition) is 5. The van der Waals surface area contributed by atoms with Crippen molar-refractivity contribution < 1.29 is 22.7 Å². The van der Waals surface area contributed by atoms with Crippen molar-refractivity contribution in [1.82, 2.24) is 10.2 Å². The molecule has 3 rings (SSSR count). The van der Waals surface area contributed by atoms with Crippen LogP contribution in [0.15, 0.2) is 83.8 Å². The number of halogens is 1. The van der Waals surface area contributed by atoms with Gasteiger partial charge in [0, 0.05) is 17.6 Å². The zero-order chi connectivity index (χ0) is 29.3.